The molecule has 0 saturated heterocycles. The lowest BCUT2D eigenvalue weighted by molar-refractivity contribution is -0.137. The summed E-state index contributed by atoms with van der Waals surface area (Å²) in [5.74, 6) is -0.503. The second-order valence-electron chi connectivity index (χ2n) is 5.96. The van der Waals surface area contributed by atoms with Crippen molar-refractivity contribution < 1.29 is 18.0 Å². The van der Waals surface area contributed by atoms with Crippen molar-refractivity contribution in [3.05, 3.63) is 53.9 Å². The number of hydrogen-bond acceptors (Lipinski definition) is 3. The third-order valence-electron chi connectivity index (χ3n) is 3.67. The van der Waals surface area contributed by atoms with Gasteiger partial charge in [-0.15, -0.1) is 0 Å². The highest BCUT2D eigenvalue weighted by molar-refractivity contribution is 5.83. The predicted molar refractivity (Wildman–Crippen MR) is 84.8 cm³/mol. The van der Waals surface area contributed by atoms with E-state index in [1.807, 2.05) is 0 Å². The molecule has 24 heavy (non-hydrogen) atoms. The number of primary amides is 1. The minimum Gasteiger partial charge on any atom is -0.368 e. The normalized spacial score (nSPS) is 12.2. The summed E-state index contributed by atoms with van der Waals surface area (Å²) in [5, 5.41) is 2.97. The minimum atomic E-state index is -4.39. The maximum absolute atomic E-state index is 12.8. The number of nitrogens with zero attached hydrogens (tertiary/aromatic N) is 1. The van der Waals surface area contributed by atoms with Crippen molar-refractivity contribution >= 4 is 5.91 Å². The van der Waals surface area contributed by atoms with Crippen LogP contribution in [0.2, 0.25) is 0 Å². The fraction of sp³-hybridized carbons (Fsp3) is 0.294. The zero-order valence-corrected chi connectivity index (χ0v) is 13.3. The van der Waals surface area contributed by atoms with E-state index >= 15 is 0 Å². The lowest BCUT2D eigenvalue weighted by Crippen LogP contribution is -2.50. The van der Waals surface area contributed by atoms with E-state index in [9.17, 15) is 18.0 Å². The van der Waals surface area contributed by atoms with Crippen LogP contribution in [0.5, 0.6) is 0 Å². The molecular formula is C17H18F3N3O. The fourth-order valence-corrected chi connectivity index (χ4v) is 2.03. The molecule has 0 saturated carbocycles. The van der Waals surface area contributed by atoms with Crippen LogP contribution in [0.1, 0.15) is 25.1 Å². The summed E-state index contributed by atoms with van der Waals surface area (Å²) in [7, 11) is 0. The van der Waals surface area contributed by atoms with Gasteiger partial charge in [0.05, 0.1) is 16.8 Å². The number of hydrogen-bond donors (Lipinski definition) is 2. The molecule has 2 aromatic rings. The van der Waals surface area contributed by atoms with Crippen molar-refractivity contribution in [2.75, 3.05) is 0 Å². The lowest BCUT2D eigenvalue weighted by atomic mass is 10.0. The van der Waals surface area contributed by atoms with Gasteiger partial charge in [-0.05, 0) is 49.2 Å². The van der Waals surface area contributed by atoms with Gasteiger partial charge in [0.25, 0.3) is 0 Å². The highest BCUT2D eigenvalue weighted by Gasteiger charge is 2.30. The van der Waals surface area contributed by atoms with Crippen molar-refractivity contribution in [1.82, 2.24) is 10.3 Å². The van der Waals surface area contributed by atoms with E-state index in [4.69, 9.17) is 5.73 Å². The first-order chi connectivity index (χ1) is 11.1. The van der Waals surface area contributed by atoms with Gasteiger partial charge in [0, 0.05) is 12.7 Å². The number of nitrogens with one attached hydrogen (secondary N) is 1. The van der Waals surface area contributed by atoms with Crippen LogP contribution in [0.15, 0.2) is 42.6 Å². The zero-order chi connectivity index (χ0) is 18.0. The van der Waals surface area contributed by atoms with Gasteiger partial charge >= 0.3 is 6.18 Å². The number of pyridine rings is 1. The van der Waals surface area contributed by atoms with Gasteiger partial charge in [-0.2, -0.15) is 13.2 Å². The topological polar surface area (TPSA) is 68.0 Å². The largest absolute Gasteiger partial charge is 0.416 e. The smallest absolute Gasteiger partial charge is 0.368 e. The molecule has 0 aliphatic carbocycles. The van der Waals surface area contributed by atoms with Gasteiger partial charge in [-0.1, -0.05) is 12.1 Å². The molecule has 0 fully saturated rings. The van der Waals surface area contributed by atoms with Crippen LogP contribution in [0.3, 0.4) is 0 Å². The number of nitrogens with two attached hydrogens (primary N) is 1. The minimum absolute atomic E-state index is 0.267. The van der Waals surface area contributed by atoms with Gasteiger partial charge in [-0.3, -0.25) is 15.1 Å². The molecule has 1 heterocycles. The highest BCUT2D eigenvalue weighted by Crippen LogP contribution is 2.32. The van der Waals surface area contributed by atoms with E-state index in [2.05, 4.69) is 10.3 Å². The molecule has 1 amide bonds. The quantitative estimate of drug-likeness (QED) is 0.881. The Labute approximate surface area is 137 Å². The molecule has 2 rings (SSSR count). The maximum Gasteiger partial charge on any atom is 0.416 e. The first-order valence-electron chi connectivity index (χ1n) is 7.27. The number of rotatable bonds is 5. The van der Waals surface area contributed by atoms with E-state index in [1.165, 1.54) is 12.3 Å². The highest BCUT2D eigenvalue weighted by atomic mass is 19.4. The summed E-state index contributed by atoms with van der Waals surface area (Å²) >= 11 is 0. The molecule has 128 valence electrons. The number of halogens is 3. The predicted octanol–water partition coefficient (Wildman–Crippen LogP) is 3.12. The van der Waals surface area contributed by atoms with Crippen molar-refractivity contribution in [3.63, 3.8) is 0 Å². The molecule has 0 bridgehead atoms. The molecule has 7 heteroatoms. The van der Waals surface area contributed by atoms with Crippen LogP contribution in [0, 0.1) is 0 Å². The summed E-state index contributed by atoms with van der Waals surface area (Å²) < 4.78 is 38.5. The Morgan fingerprint density at radius 1 is 1.17 bits per heavy atom. The number of aromatic nitrogens is 1. The Morgan fingerprint density at radius 3 is 2.46 bits per heavy atom. The van der Waals surface area contributed by atoms with E-state index in [1.54, 1.807) is 32.0 Å². The molecule has 0 unspecified atom stereocenters. The van der Waals surface area contributed by atoms with E-state index in [0.29, 0.717) is 16.8 Å². The van der Waals surface area contributed by atoms with Gasteiger partial charge in [-0.25, -0.2) is 0 Å². The fourth-order valence-electron chi connectivity index (χ4n) is 2.03. The zero-order valence-electron chi connectivity index (χ0n) is 13.3. The monoisotopic (exact) mass is 337 g/mol. The Balaban J connectivity index is 2.24. The second-order valence-corrected chi connectivity index (χ2v) is 5.96. The number of carbonyl (C=O) groups is 1. The first kappa shape index (κ1) is 17.9. The number of amides is 1. The van der Waals surface area contributed by atoms with Crippen LogP contribution in [-0.2, 0) is 17.5 Å². The molecule has 3 N–H and O–H groups in total. The van der Waals surface area contributed by atoms with Gasteiger partial charge < -0.3 is 5.73 Å². The van der Waals surface area contributed by atoms with Crippen LogP contribution in [0.4, 0.5) is 13.2 Å². The third kappa shape index (κ3) is 4.32. The Bertz CT molecular complexity index is 742. The molecule has 4 nitrogen and oxygen atoms in total. The summed E-state index contributed by atoms with van der Waals surface area (Å²) in [6.45, 7) is 3.56. The second kappa shape index (κ2) is 6.60. The average molecular weight is 337 g/mol. The van der Waals surface area contributed by atoms with Crippen LogP contribution < -0.4 is 11.1 Å². The molecule has 0 atom stereocenters. The summed E-state index contributed by atoms with van der Waals surface area (Å²) in [6, 6.07) is 8.42. The third-order valence-corrected chi connectivity index (χ3v) is 3.67. The van der Waals surface area contributed by atoms with Crippen LogP contribution in [0.25, 0.3) is 11.1 Å². The first-order valence-corrected chi connectivity index (χ1v) is 7.27. The lowest BCUT2D eigenvalue weighted by Gasteiger charge is -2.22. The SMILES string of the molecule is CC(C)(NCc1cc(-c2cccc(C(F)(F)F)c2)ccn1)C(N)=O. The van der Waals surface area contributed by atoms with Crippen LogP contribution >= 0.6 is 0 Å². The Kier molecular flexibility index (Phi) is 4.94. The van der Waals surface area contributed by atoms with E-state index in [0.717, 1.165) is 12.1 Å². The van der Waals surface area contributed by atoms with Crippen molar-refractivity contribution in [2.24, 2.45) is 5.73 Å². The number of carbonyl (C=O) groups excluding carboxylic acids is 1. The van der Waals surface area contributed by atoms with Gasteiger partial charge in [0.15, 0.2) is 0 Å². The molecule has 0 spiro atoms. The number of alkyl halides is 3. The summed E-state index contributed by atoms with van der Waals surface area (Å²) in [5.41, 5.74) is 5.33. The summed E-state index contributed by atoms with van der Waals surface area (Å²) in [6.07, 6.45) is -2.87. The van der Waals surface area contributed by atoms with E-state index < -0.39 is 23.2 Å². The number of benzene rings is 1. The summed E-state index contributed by atoms with van der Waals surface area (Å²) in [4.78, 5) is 15.5. The molecule has 0 aliphatic rings. The van der Waals surface area contributed by atoms with E-state index in [-0.39, 0.29) is 6.54 Å². The van der Waals surface area contributed by atoms with Gasteiger partial charge in [0.1, 0.15) is 0 Å². The van der Waals surface area contributed by atoms with Crippen LogP contribution in [-0.4, -0.2) is 16.4 Å². The Hall–Kier alpha value is -2.41. The Morgan fingerprint density at radius 2 is 1.83 bits per heavy atom. The van der Waals surface area contributed by atoms with Crippen molar-refractivity contribution in [2.45, 2.75) is 32.1 Å². The van der Waals surface area contributed by atoms with Crippen molar-refractivity contribution in [3.8, 4) is 11.1 Å². The molecule has 1 aromatic heterocycles. The molecule has 0 radical (unpaired) electrons. The maximum atomic E-state index is 12.8. The molecule has 1 aromatic carbocycles. The average Bonchev–Trinajstić information content (AvgIpc) is 2.52. The molecule has 0 aliphatic heterocycles. The van der Waals surface area contributed by atoms with Gasteiger partial charge in [0.2, 0.25) is 5.91 Å². The van der Waals surface area contributed by atoms with Crippen molar-refractivity contribution in [1.29, 1.82) is 0 Å². The molecular weight excluding hydrogens is 319 g/mol. The standard InChI is InChI=1S/C17H18F3N3O/c1-16(2,15(21)24)23-10-14-9-12(6-7-22-14)11-4-3-5-13(8-11)17(18,19)20/h3-9,23H,10H2,1-2H3,(H2,21,24).